The number of aromatic nitrogens is 2. The third kappa shape index (κ3) is 5.44. The summed E-state index contributed by atoms with van der Waals surface area (Å²) in [4.78, 5) is 17.9. The lowest BCUT2D eigenvalue weighted by Gasteiger charge is -2.14. The van der Waals surface area contributed by atoms with Gasteiger partial charge in [0.1, 0.15) is 12.4 Å². The average molecular weight is 657 g/mol. The number of benzene rings is 3. The Morgan fingerprint density at radius 1 is 1.22 bits per heavy atom. The number of halogens is 2. The summed E-state index contributed by atoms with van der Waals surface area (Å²) < 4.78 is 14.6. The highest BCUT2D eigenvalue weighted by molar-refractivity contribution is 14.1. The molecule has 0 radical (unpaired) electrons. The van der Waals surface area contributed by atoms with E-state index in [1.807, 2.05) is 50.2 Å². The highest BCUT2D eigenvalue weighted by Gasteiger charge is 2.15. The molecule has 36 heavy (non-hydrogen) atoms. The topological polar surface area (TPSA) is 89.5 Å². The van der Waals surface area contributed by atoms with Crippen LogP contribution in [0.5, 0.6) is 11.5 Å². The molecule has 0 fully saturated rings. The number of rotatable bonds is 7. The molecule has 0 unspecified atom stereocenters. The second kappa shape index (κ2) is 11.2. The summed E-state index contributed by atoms with van der Waals surface area (Å²) in [5.41, 5.74) is 2.49. The Bertz CT molecular complexity index is 1570. The second-order valence-corrected chi connectivity index (χ2v) is 10.3. The van der Waals surface area contributed by atoms with Crippen LogP contribution >= 0.6 is 38.5 Å². The van der Waals surface area contributed by atoms with Crippen molar-refractivity contribution in [2.24, 2.45) is 5.10 Å². The van der Waals surface area contributed by atoms with Gasteiger partial charge in [0, 0.05) is 16.0 Å². The van der Waals surface area contributed by atoms with Gasteiger partial charge in [0.2, 0.25) is 0 Å². The molecule has 0 aliphatic rings. The first-order valence-corrected chi connectivity index (χ1v) is 12.9. The van der Waals surface area contributed by atoms with E-state index in [0.717, 1.165) is 19.2 Å². The minimum absolute atomic E-state index is 0.00960. The lowest BCUT2D eigenvalue weighted by Crippen LogP contribution is -2.23. The maximum Gasteiger partial charge on any atom is 0.282 e. The summed E-state index contributed by atoms with van der Waals surface area (Å²) in [5, 5.41) is 14.3. The van der Waals surface area contributed by atoms with E-state index >= 15 is 0 Å². The number of nitrogens with zero attached hydrogens (tertiary/aromatic N) is 4. The molecule has 3 aromatic carbocycles. The van der Waals surface area contributed by atoms with Gasteiger partial charge in [-0.3, -0.25) is 4.79 Å². The zero-order valence-corrected chi connectivity index (χ0v) is 23.6. The van der Waals surface area contributed by atoms with Gasteiger partial charge >= 0.3 is 0 Å². The average Bonchev–Trinajstić information content (AvgIpc) is 2.87. The van der Waals surface area contributed by atoms with Crippen molar-refractivity contribution in [3.05, 3.63) is 95.5 Å². The molecule has 0 aliphatic carbocycles. The van der Waals surface area contributed by atoms with Crippen molar-refractivity contribution in [1.29, 1.82) is 5.26 Å². The molecular formula is C27H22BrIN4O3. The molecule has 4 rings (SSSR count). The normalized spacial score (nSPS) is 11.2. The van der Waals surface area contributed by atoms with E-state index in [2.05, 4.69) is 54.7 Å². The largest absolute Gasteiger partial charge is 0.493 e. The molecule has 7 nitrogen and oxygen atoms in total. The van der Waals surface area contributed by atoms with Crippen LogP contribution < -0.4 is 15.0 Å². The Morgan fingerprint density at radius 3 is 2.72 bits per heavy atom. The van der Waals surface area contributed by atoms with Gasteiger partial charge in [-0.25, -0.2) is 4.98 Å². The number of methoxy groups -OCH3 is 1. The maximum atomic E-state index is 13.3. The number of ether oxygens (including phenoxy) is 2. The predicted molar refractivity (Wildman–Crippen MR) is 152 cm³/mol. The van der Waals surface area contributed by atoms with Gasteiger partial charge < -0.3 is 9.47 Å². The van der Waals surface area contributed by atoms with Crippen molar-refractivity contribution in [1.82, 2.24) is 9.66 Å². The van der Waals surface area contributed by atoms with Crippen LogP contribution in [0.1, 0.15) is 42.3 Å². The molecule has 1 heterocycles. The minimum Gasteiger partial charge on any atom is -0.493 e. The summed E-state index contributed by atoms with van der Waals surface area (Å²) >= 11 is 5.59. The summed E-state index contributed by atoms with van der Waals surface area (Å²) in [6, 6.07) is 18.6. The van der Waals surface area contributed by atoms with Crippen LogP contribution in [0.25, 0.3) is 10.9 Å². The van der Waals surface area contributed by atoms with E-state index in [4.69, 9.17) is 9.47 Å². The van der Waals surface area contributed by atoms with E-state index in [9.17, 15) is 10.1 Å². The first kappa shape index (κ1) is 25.9. The SMILES string of the molecule is COc1cc(C=Nn2c(C(C)C)nc3ccc(Br)cc3c2=O)cc(I)c1OCc1ccccc1C#N. The van der Waals surface area contributed by atoms with Crippen LogP contribution in [0.15, 0.2) is 69.0 Å². The van der Waals surface area contributed by atoms with Gasteiger partial charge in [-0.2, -0.15) is 15.0 Å². The lowest BCUT2D eigenvalue weighted by molar-refractivity contribution is 0.282. The Kier molecular flexibility index (Phi) is 8.06. The van der Waals surface area contributed by atoms with Gasteiger partial charge in [-0.1, -0.05) is 48.0 Å². The lowest BCUT2D eigenvalue weighted by atomic mass is 10.1. The number of fused-ring (bicyclic) bond motifs is 1. The molecule has 9 heteroatoms. The number of nitriles is 1. The Labute approximate surface area is 230 Å². The van der Waals surface area contributed by atoms with E-state index in [1.54, 1.807) is 31.5 Å². The van der Waals surface area contributed by atoms with Crippen LogP contribution in [-0.4, -0.2) is 23.0 Å². The first-order chi connectivity index (χ1) is 17.3. The Hall–Kier alpha value is -3.23. The first-order valence-electron chi connectivity index (χ1n) is 11.1. The van der Waals surface area contributed by atoms with Crippen molar-refractivity contribution in [2.45, 2.75) is 26.4 Å². The van der Waals surface area contributed by atoms with E-state index in [0.29, 0.717) is 33.8 Å². The van der Waals surface area contributed by atoms with Gasteiger partial charge in [-0.15, -0.1) is 0 Å². The highest BCUT2D eigenvalue weighted by atomic mass is 127. The summed E-state index contributed by atoms with van der Waals surface area (Å²) in [6.45, 7) is 4.18. The molecule has 4 aromatic rings. The fourth-order valence-electron chi connectivity index (χ4n) is 3.64. The highest BCUT2D eigenvalue weighted by Crippen LogP contribution is 2.34. The summed E-state index contributed by atoms with van der Waals surface area (Å²) in [6.07, 6.45) is 1.61. The zero-order chi connectivity index (χ0) is 25.8. The van der Waals surface area contributed by atoms with Crippen LogP contribution in [-0.2, 0) is 6.61 Å². The molecule has 1 aromatic heterocycles. The quantitative estimate of drug-likeness (QED) is 0.174. The summed E-state index contributed by atoms with van der Waals surface area (Å²) in [7, 11) is 1.56. The van der Waals surface area contributed by atoms with Crippen molar-refractivity contribution in [3.8, 4) is 17.6 Å². The van der Waals surface area contributed by atoms with Crippen LogP contribution in [0.2, 0.25) is 0 Å². The van der Waals surface area contributed by atoms with Crippen molar-refractivity contribution < 1.29 is 9.47 Å². The predicted octanol–water partition coefficient (Wildman–Crippen LogP) is 6.23. The van der Waals surface area contributed by atoms with Crippen molar-refractivity contribution in [3.63, 3.8) is 0 Å². The molecule has 0 saturated carbocycles. The molecule has 182 valence electrons. The fraction of sp³-hybridized carbons (Fsp3) is 0.185. The van der Waals surface area contributed by atoms with Gasteiger partial charge in [0.25, 0.3) is 5.56 Å². The fourth-order valence-corrected chi connectivity index (χ4v) is 4.78. The monoisotopic (exact) mass is 656 g/mol. The van der Waals surface area contributed by atoms with E-state index in [-0.39, 0.29) is 18.1 Å². The molecule has 0 saturated heterocycles. The third-order valence-corrected chi connectivity index (χ3v) is 6.73. The molecule has 0 spiro atoms. The van der Waals surface area contributed by atoms with Gasteiger partial charge in [0.05, 0.1) is 39.4 Å². The van der Waals surface area contributed by atoms with Gasteiger partial charge in [-0.05, 0) is 64.6 Å². The van der Waals surface area contributed by atoms with Crippen LogP contribution in [0.4, 0.5) is 0 Å². The Morgan fingerprint density at radius 2 is 2.00 bits per heavy atom. The molecule has 0 amide bonds. The molecule has 0 aliphatic heterocycles. The number of hydrogen-bond acceptors (Lipinski definition) is 6. The Balaban J connectivity index is 1.69. The minimum atomic E-state index is -0.237. The molecule has 0 bridgehead atoms. The van der Waals surface area contributed by atoms with E-state index < -0.39 is 0 Å². The van der Waals surface area contributed by atoms with Crippen LogP contribution in [0.3, 0.4) is 0 Å². The second-order valence-electron chi connectivity index (χ2n) is 8.24. The maximum absolute atomic E-state index is 13.3. The van der Waals surface area contributed by atoms with Gasteiger partial charge in [0.15, 0.2) is 11.5 Å². The molecule has 0 N–H and O–H groups in total. The standard InChI is InChI=1S/C27H22BrIN4O3/c1-16(2)26-32-23-9-8-20(28)12-21(23)27(34)33(26)31-14-17-10-22(29)25(24(11-17)35-3)36-15-19-7-5-4-6-18(19)13-30/h4-12,14,16H,15H2,1-3H3. The third-order valence-electron chi connectivity index (χ3n) is 5.43. The van der Waals surface area contributed by atoms with Crippen LogP contribution in [0, 0.1) is 14.9 Å². The molecular weight excluding hydrogens is 635 g/mol. The number of hydrogen-bond donors (Lipinski definition) is 0. The molecule has 0 atom stereocenters. The van der Waals surface area contributed by atoms with E-state index in [1.165, 1.54) is 4.68 Å². The van der Waals surface area contributed by atoms with Crippen molar-refractivity contribution in [2.75, 3.05) is 7.11 Å². The van der Waals surface area contributed by atoms with Crippen molar-refractivity contribution >= 4 is 55.6 Å². The smallest absolute Gasteiger partial charge is 0.282 e. The summed E-state index contributed by atoms with van der Waals surface area (Å²) in [5.74, 6) is 1.66. The zero-order valence-electron chi connectivity index (χ0n) is 19.8.